The fourth-order valence-corrected chi connectivity index (χ4v) is 2.19. The van der Waals surface area contributed by atoms with Gasteiger partial charge in [-0.1, -0.05) is 34.1 Å². The molecule has 2 aromatic rings. The van der Waals surface area contributed by atoms with Gasteiger partial charge in [0.2, 0.25) is 0 Å². The van der Waals surface area contributed by atoms with Crippen molar-refractivity contribution in [1.82, 2.24) is 5.32 Å². The van der Waals surface area contributed by atoms with Crippen LogP contribution in [0.1, 0.15) is 11.1 Å². The highest BCUT2D eigenvalue weighted by molar-refractivity contribution is 9.10. The molecule has 0 atom stereocenters. The highest BCUT2D eigenvalue weighted by Crippen LogP contribution is 2.21. The van der Waals surface area contributed by atoms with Crippen molar-refractivity contribution in [1.29, 1.82) is 0 Å². The summed E-state index contributed by atoms with van der Waals surface area (Å²) >= 11 is 3.46. The highest BCUT2D eigenvalue weighted by Gasteiger charge is 2.03. The number of hydrogen-bond acceptors (Lipinski definition) is 2. The van der Waals surface area contributed by atoms with Gasteiger partial charge in [-0.25, -0.2) is 4.39 Å². The lowest BCUT2D eigenvalue weighted by molar-refractivity contribution is 0.303. The van der Waals surface area contributed by atoms with Crippen LogP contribution < -0.4 is 10.1 Å². The second-order valence-electron chi connectivity index (χ2n) is 4.21. The summed E-state index contributed by atoms with van der Waals surface area (Å²) in [6.45, 7) is 1.02. The molecule has 0 unspecified atom stereocenters. The Balaban J connectivity index is 2.09. The lowest BCUT2D eigenvalue weighted by Gasteiger charge is -2.10. The van der Waals surface area contributed by atoms with Crippen molar-refractivity contribution in [2.75, 3.05) is 7.05 Å². The number of ether oxygens (including phenoxy) is 1. The molecule has 2 aromatic carbocycles. The zero-order valence-corrected chi connectivity index (χ0v) is 12.2. The van der Waals surface area contributed by atoms with Crippen molar-refractivity contribution in [3.05, 3.63) is 63.9 Å². The molecule has 0 aromatic heterocycles. The normalized spacial score (nSPS) is 10.5. The predicted octanol–water partition coefficient (Wildman–Crippen LogP) is 3.89. The monoisotopic (exact) mass is 323 g/mol. The molecular weight excluding hydrogens is 309 g/mol. The minimum Gasteiger partial charge on any atom is -0.489 e. The first kappa shape index (κ1) is 14.0. The summed E-state index contributed by atoms with van der Waals surface area (Å²) in [4.78, 5) is 0. The Hall–Kier alpha value is -1.39. The molecule has 2 rings (SSSR count). The topological polar surface area (TPSA) is 21.3 Å². The SMILES string of the molecule is CNCc1cc(F)cc(OCc2ccccc2Br)c1. The van der Waals surface area contributed by atoms with Crippen molar-refractivity contribution >= 4 is 15.9 Å². The van der Waals surface area contributed by atoms with Crippen molar-refractivity contribution in [3.8, 4) is 5.75 Å². The standard InChI is InChI=1S/C15H15BrFNO/c1-18-9-11-6-13(17)8-14(7-11)19-10-12-4-2-3-5-15(12)16/h2-8,18H,9-10H2,1H3. The summed E-state index contributed by atoms with van der Waals surface area (Å²) in [5.41, 5.74) is 1.89. The average Bonchev–Trinajstić information content (AvgIpc) is 2.37. The van der Waals surface area contributed by atoms with Crippen LogP contribution in [-0.2, 0) is 13.2 Å². The van der Waals surface area contributed by atoms with E-state index in [1.54, 1.807) is 0 Å². The van der Waals surface area contributed by atoms with Crippen LogP contribution in [0, 0.1) is 5.82 Å². The number of rotatable bonds is 5. The number of nitrogens with one attached hydrogen (secondary N) is 1. The first-order valence-electron chi connectivity index (χ1n) is 5.99. The third-order valence-corrected chi connectivity index (χ3v) is 3.44. The maximum atomic E-state index is 13.4. The molecule has 0 aliphatic rings. The lowest BCUT2D eigenvalue weighted by Crippen LogP contribution is -2.06. The number of hydrogen-bond donors (Lipinski definition) is 1. The van der Waals surface area contributed by atoms with E-state index in [4.69, 9.17) is 4.74 Å². The van der Waals surface area contributed by atoms with Crippen LogP contribution in [0.25, 0.3) is 0 Å². The van der Waals surface area contributed by atoms with Gasteiger partial charge in [0.05, 0.1) is 0 Å². The summed E-state index contributed by atoms with van der Waals surface area (Å²) in [5.74, 6) is 0.260. The first-order chi connectivity index (χ1) is 9.19. The Morgan fingerprint density at radius 3 is 2.74 bits per heavy atom. The first-order valence-corrected chi connectivity index (χ1v) is 6.78. The molecule has 0 spiro atoms. The Morgan fingerprint density at radius 1 is 1.21 bits per heavy atom. The molecule has 19 heavy (non-hydrogen) atoms. The summed E-state index contributed by atoms with van der Waals surface area (Å²) in [6.07, 6.45) is 0. The Bertz CT molecular complexity index is 560. The fraction of sp³-hybridized carbons (Fsp3) is 0.200. The molecule has 0 heterocycles. The smallest absolute Gasteiger partial charge is 0.127 e. The van der Waals surface area contributed by atoms with Gasteiger partial charge in [0.25, 0.3) is 0 Å². The molecule has 0 bridgehead atoms. The highest BCUT2D eigenvalue weighted by atomic mass is 79.9. The largest absolute Gasteiger partial charge is 0.489 e. The Labute approximate surface area is 120 Å². The number of benzene rings is 2. The molecular formula is C15H15BrFNO. The van der Waals surface area contributed by atoms with E-state index in [9.17, 15) is 4.39 Å². The third kappa shape index (κ3) is 4.04. The summed E-state index contributed by atoms with van der Waals surface area (Å²) in [7, 11) is 1.83. The maximum Gasteiger partial charge on any atom is 0.127 e. The van der Waals surface area contributed by atoms with E-state index >= 15 is 0 Å². The minimum atomic E-state index is -0.283. The van der Waals surface area contributed by atoms with Crippen LogP contribution >= 0.6 is 15.9 Å². The van der Waals surface area contributed by atoms with Crippen LogP contribution in [0.3, 0.4) is 0 Å². The van der Waals surface area contributed by atoms with Crippen molar-refractivity contribution in [3.63, 3.8) is 0 Å². The van der Waals surface area contributed by atoms with Crippen LogP contribution in [0.5, 0.6) is 5.75 Å². The van der Waals surface area contributed by atoms with Gasteiger partial charge in [0.1, 0.15) is 18.2 Å². The van der Waals surface area contributed by atoms with Crippen molar-refractivity contribution in [2.24, 2.45) is 0 Å². The average molecular weight is 324 g/mol. The van der Waals surface area contributed by atoms with Crippen LogP contribution in [0.15, 0.2) is 46.9 Å². The van der Waals surface area contributed by atoms with Crippen molar-refractivity contribution in [2.45, 2.75) is 13.2 Å². The Kier molecular flexibility index (Phi) is 4.93. The molecule has 0 aliphatic heterocycles. The molecule has 4 heteroatoms. The van der Waals surface area contributed by atoms with E-state index < -0.39 is 0 Å². The van der Waals surface area contributed by atoms with E-state index in [1.807, 2.05) is 37.4 Å². The minimum absolute atomic E-state index is 0.283. The zero-order valence-electron chi connectivity index (χ0n) is 10.6. The van der Waals surface area contributed by atoms with Gasteiger partial charge in [0.15, 0.2) is 0 Å². The third-order valence-electron chi connectivity index (χ3n) is 2.66. The summed E-state index contributed by atoms with van der Waals surface area (Å²) < 4.78 is 20.1. The number of halogens is 2. The molecule has 100 valence electrons. The molecule has 0 saturated heterocycles. The van der Waals surface area contributed by atoms with Gasteiger partial charge in [-0.3, -0.25) is 0 Å². The van der Waals surface area contributed by atoms with Gasteiger partial charge in [-0.15, -0.1) is 0 Å². The van der Waals surface area contributed by atoms with Crippen LogP contribution in [0.2, 0.25) is 0 Å². The summed E-state index contributed by atoms with van der Waals surface area (Å²) in [5, 5.41) is 2.99. The van der Waals surface area contributed by atoms with Crippen LogP contribution in [-0.4, -0.2) is 7.05 Å². The molecule has 0 aliphatic carbocycles. The molecule has 0 radical (unpaired) electrons. The second kappa shape index (κ2) is 6.68. The quantitative estimate of drug-likeness (QED) is 0.901. The van der Waals surface area contributed by atoms with Gasteiger partial charge in [0, 0.05) is 22.6 Å². The van der Waals surface area contributed by atoms with Gasteiger partial charge < -0.3 is 10.1 Å². The van der Waals surface area contributed by atoms with E-state index in [1.165, 1.54) is 12.1 Å². The van der Waals surface area contributed by atoms with Gasteiger partial charge >= 0.3 is 0 Å². The fourth-order valence-electron chi connectivity index (χ4n) is 1.79. The zero-order chi connectivity index (χ0) is 13.7. The maximum absolute atomic E-state index is 13.4. The van der Waals surface area contributed by atoms with E-state index in [0.717, 1.165) is 15.6 Å². The van der Waals surface area contributed by atoms with Gasteiger partial charge in [-0.2, -0.15) is 0 Å². The molecule has 0 fully saturated rings. The van der Waals surface area contributed by atoms with Gasteiger partial charge in [-0.05, 0) is 30.8 Å². The van der Waals surface area contributed by atoms with E-state index in [-0.39, 0.29) is 5.82 Å². The molecule has 0 saturated carbocycles. The molecule has 0 amide bonds. The van der Waals surface area contributed by atoms with Crippen molar-refractivity contribution < 1.29 is 9.13 Å². The molecule has 1 N–H and O–H groups in total. The predicted molar refractivity (Wildman–Crippen MR) is 77.6 cm³/mol. The summed E-state index contributed by atoms with van der Waals surface area (Å²) in [6, 6.07) is 12.6. The molecule has 2 nitrogen and oxygen atoms in total. The van der Waals surface area contributed by atoms with Crippen LogP contribution in [0.4, 0.5) is 4.39 Å². The second-order valence-corrected chi connectivity index (χ2v) is 5.06. The Morgan fingerprint density at radius 2 is 2.00 bits per heavy atom. The van der Waals surface area contributed by atoms with E-state index in [2.05, 4.69) is 21.2 Å². The lowest BCUT2D eigenvalue weighted by atomic mass is 10.2. The van der Waals surface area contributed by atoms with E-state index in [0.29, 0.717) is 18.9 Å².